The molecule has 0 bridgehead atoms. The van der Waals surface area contributed by atoms with E-state index in [1.807, 2.05) is 12.2 Å². The lowest BCUT2D eigenvalue weighted by molar-refractivity contribution is 0.246. The van der Waals surface area contributed by atoms with Crippen LogP contribution in [0.15, 0.2) is 22.7 Å². The fraction of sp³-hybridized carbons (Fsp3) is 0.385. The van der Waals surface area contributed by atoms with Crippen molar-refractivity contribution in [2.75, 3.05) is 6.61 Å². The van der Waals surface area contributed by atoms with Crippen LogP contribution in [-0.2, 0) is 6.54 Å². The molecule has 0 unspecified atom stereocenters. The van der Waals surface area contributed by atoms with Crippen molar-refractivity contribution in [1.82, 2.24) is 5.32 Å². The Labute approximate surface area is 117 Å². The molecule has 0 amide bonds. The van der Waals surface area contributed by atoms with Gasteiger partial charge in [0.25, 0.3) is 0 Å². The van der Waals surface area contributed by atoms with Gasteiger partial charge in [-0.05, 0) is 12.5 Å². The van der Waals surface area contributed by atoms with Crippen molar-refractivity contribution in [3.8, 4) is 0 Å². The van der Waals surface area contributed by atoms with Gasteiger partial charge in [0.05, 0.1) is 0 Å². The van der Waals surface area contributed by atoms with Crippen LogP contribution in [0, 0.1) is 23.4 Å². The van der Waals surface area contributed by atoms with Gasteiger partial charge in [0.2, 0.25) is 0 Å². The van der Waals surface area contributed by atoms with Gasteiger partial charge >= 0.3 is 0 Å². The van der Waals surface area contributed by atoms with Gasteiger partial charge in [-0.15, -0.1) is 0 Å². The quantitative estimate of drug-likeness (QED) is 0.503. The van der Waals surface area contributed by atoms with Gasteiger partial charge in [-0.1, -0.05) is 28.1 Å². The molecule has 0 saturated heterocycles. The standard InChI is InChI=1S/C13H13BrF3NO/c14-10-4-11(15)13(17)12(16)9(10)5-18-8-2-1-7(3-8)6-19/h1-2,4,7-8,18-19H,3,5-6H2/t7-,8+/m0/s1. The predicted octanol–water partition coefficient (Wildman–Crippen LogP) is 2.89. The minimum Gasteiger partial charge on any atom is -0.396 e. The van der Waals surface area contributed by atoms with Crippen LogP contribution in [0.1, 0.15) is 12.0 Å². The Morgan fingerprint density at radius 2 is 2.00 bits per heavy atom. The molecule has 1 aromatic rings. The average Bonchev–Trinajstić information content (AvgIpc) is 2.84. The number of hydrogen-bond acceptors (Lipinski definition) is 2. The first-order valence-electron chi connectivity index (χ1n) is 5.87. The SMILES string of the molecule is OC[C@H]1C=C[C@@H](NCc2c(Br)cc(F)c(F)c2F)C1. The zero-order valence-corrected chi connectivity index (χ0v) is 11.6. The maximum absolute atomic E-state index is 13.6. The second-order valence-electron chi connectivity index (χ2n) is 4.50. The van der Waals surface area contributed by atoms with E-state index in [9.17, 15) is 13.2 Å². The van der Waals surface area contributed by atoms with E-state index in [1.54, 1.807) is 0 Å². The number of aliphatic hydroxyl groups excluding tert-OH is 1. The first-order chi connectivity index (χ1) is 9.02. The minimum absolute atomic E-state index is 0.00318. The summed E-state index contributed by atoms with van der Waals surface area (Å²) in [4.78, 5) is 0. The highest BCUT2D eigenvalue weighted by atomic mass is 79.9. The van der Waals surface area contributed by atoms with Crippen molar-refractivity contribution in [3.63, 3.8) is 0 Å². The number of nitrogens with one attached hydrogen (secondary N) is 1. The Kier molecular flexibility index (Phi) is 4.65. The van der Waals surface area contributed by atoms with E-state index in [4.69, 9.17) is 5.11 Å². The highest BCUT2D eigenvalue weighted by Gasteiger charge is 2.21. The summed E-state index contributed by atoms with van der Waals surface area (Å²) >= 11 is 3.02. The minimum atomic E-state index is -1.46. The van der Waals surface area contributed by atoms with Crippen LogP contribution in [0.2, 0.25) is 0 Å². The summed E-state index contributed by atoms with van der Waals surface area (Å²) < 4.78 is 39.9. The molecule has 104 valence electrons. The highest BCUT2D eigenvalue weighted by Crippen LogP contribution is 2.25. The Morgan fingerprint density at radius 1 is 1.26 bits per heavy atom. The van der Waals surface area contributed by atoms with Crippen molar-refractivity contribution >= 4 is 15.9 Å². The average molecular weight is 336 g/mol. The summed E-state index contributed by atoms with van der Waals surface area (Å²) in [6, 6.07) is 0.910. The van der Waals surface area contributed by atoms with Gasteiger partial charge in [0, 0.05) is 35.1 Å². The van der Waals surface area contributed by atoms with Crippen LogP contribution in [0.4, 0.5) is 13.2 Å². The van der Waals surface area contributed by atoms with Gasteiger partial charge in [-0.2, -0.15) is 0 Å². The molecular formula is C13H13BrF3NO. The smallest absolute Gasteiger partial charge is 0.194 e. The molecular weight excluding hydrogens is 323 g/mol. The van der Waals surface area contributed by atoms with Crippen LogP contribution in [-0.4, -0.2) is 17.8 Å². The number of hydrogen-bond donors (Lipinski definition) is 2. The lowest BCUT2D eigenvalue weighted by atomic mass is 10.1. The molecule has 1 aliphatic carbocycles. The second kappa shape index (κ2) is 6.07. The molecule has 2 nitrogen and oxygen atoms in total. The maximum atomic E-state index is 13.6. The number of rotatable bonds is 4. The Morgan fingerprint density at radius 3 is 2.63 bits per heavy atom. The molecule has 1 aliphatic rings. The summed E-state index contributed by atoms with van der Waals surface area (Å²) in [6.45, 7) is 0.148. The Bertz CT molecular complexity index is 507. The van der Waals surface area contributed by atoms with Crippen molar-refractivity contribution in [3.05, 3.63) is 45.7 Å². The number of aliphatic hydroxyl groups is 1. The zero-order valence-electron chi connectivity index (χ0n) is 9.97. The number of benzene rings is 1. The summed E-state index contributed by atoms with van der Waals surface area (Å²) in [5.74, 6) is -3.76. The van der Waals surface area contributed by atoms with E-state index < -0.39 is 17.5 Å². The normalized spacial score (nSPS) is 22.2. The largest absolute Gasteiger partial charge is 0.396 e. The van der Waals surface area contributed by atoms with Gasteiger partial charge in [-0.3, -0.25) is 0 Å². The monoisotopic (exact) mass is 335 g/mol. The maximum Gasteiger partial charge on any atom is 0.194 e. The fourth-order valence-corrected chi connectivity index (χ4v) is 2.58. The van der Waals surface area contributed by atoms with E-state index in [2.05, 4.69) is 21.2 Å². The lowest BCUT2D eigenvalue weighted by Crippen LogP contribution is -2.27. The van der Waals surface area contributed by atoms with E-state index in [1.165, 1.54) is 0 Å². The summed E-state index contributed by atoms with van der Waals surface area (Å²) in [5.41, 5.74) is 0.0553. The van der Waals surface area contributed by atoms with Crippen molar-refractivity contribution in [2.24, 2.45) is 5.92 Å². The van der Waals surface area contributed by atoms with Gasteiger partial charge in [0.1, 0.15) is 0 Å². The van der Waals surface area contributed by atoms with Crippen LogP contribution >= 0.6 is 15.9 Å². The summed E-state index contributed by atoms with van der Waals surface area (Å²) in [7, 11) is 0. The van der Waals surface area contributed by atoms with E-state index in [0.717, 1.165) is 6.07 Å². The van der Waals surface area contributed by atoms with Crippen LogP contribution < -0.4 is 5.32 Å². The lowest BCUT2D eigenvalue weighted by Gasteiger charge is -2.14. The Balaban J connectivity index is 2.05. The molecule has 0 radical (unpaired) electrons. The Hall–Kier alpha value is -0.850. The topological polar surface area (TPSA) is 32.3 Å². The molecule has 2 N–H and O–H groups in total. The van der Waals surface area contributed by atoms with E-state index >= 15 is 0 Å². The van der Waals surface area contributed by atoms with Crippen molar-refractivity contribution in [2.45, 2.75) is 19.0 Å². The van der Waals surface area contributed by atoms with Gasteiger partial charge < -0.3 is 10.4 Å². The molecule has 19 heavy (non-hydrogen) atoms. The fourth-order valence-electron chi connectivity index (χ4n) is 2.06. The molecule has 6 heteroatoms. The molecule has 0 spiro atoms. The second-order valence-corrected chi connectivity index (χ2v) is 5.35. The molecule has 0 aliphatic heterocycles. The molecule has 0 fully saturated rings. The first kappa shape index (κ1) is 14.6. The molecule has 0 heterocycles. The summed E-state index contributed by atoms with van der Waals surface area (Å²) in [5, 5.41) is 12.0. The van der Waals surface area contributed by atoms with Crippen LogP contribution in [0.3, 0.4) is 0 Å². The van der Waals surface area contributed by atoms with Gasteiger partial charge in [0.15, 0.2) is 17.5 Å². The van der Waals surface area contributed by atoms with E-state index in [0.29, 0.717) is 6.42 Å². The van der Waals surface area contributed by atoms with Crippen LogP contribution in [0.5, 0.6) is 0 Å². The molecule has 0 aromatic heterocycles. The highest BCUT2D eigenvalue weighted by molar-refractivity contribution is 9.10. The van der Waals surface area contributed by atoms with Crippen molar-refractivity contribution in [1.29, 1.82) is 0 Å². The zero-order chi connectivity index (χ0) is 14.0. The first-order valence-corrected chi connectivity index (χ1v) is 6.66. The number of halogens is 4. The third-order valence-corrected chi connectivity index (χ3v) is 3.86. The van der Waals surface area contributed by atoms with Gasteiger partial charge in [-0.25, -0.2) is 13.2 Å². The molecule has 0 saturated carbocycles. The predicted molar refractivity (Wildman–Crippen MR) is 69.0 cm³/mol. The van der Waals surface area contributed by atoms with Crippen molar-refractivity contribution < 1.29 is 18.3 Å². The van der Waals surface area contributed by atoms with E-state index in [-0.39, 0.29) is 35.1 Å². The third-order valence-electron chi connectivity index (χ3n) is 3.16. The third kappa shape index (κ3) is 3.19. The molecule has 2 rings (SSSR count). The molecule has 2 atom stereocenters. The molecule has 1 aromatic carbocycles. The van der Waals surface area contributed by atoms with Crippen LogP contribution in [0.25, 0.3) is 0 Å². The summed E-state index contributed by atoms with van der Waals surface area (Å²) in [6.07, 6.45) is 4.47.